The van der Waals surface area contributed by atoms with Crippen LogP contribution in [-0.4, -0.2) is 29.8 Å². The van der Waals surface area contributed by atoms with Crippen molar-refractivity contribution in [2.24, 2.45) is 5.92 Å². The first kappa shape index (κ1) is 15.0. The molecular weight excluding hydrogens is 266 g/mol. The smallest absolute Gasteiger partial charge is 0.228 e. The van der Waals surface area contributed by atoms with Crippen LogP contribution in [0.1, 0.15) is 30.9 Å². The fourth-order valence-electron chi connectivity index (χ4n) is 2.48. The number of nitriles is 1. The Kier molecular flexibility index (Phi) is 4.94. The average Bonchev–Trinajstić information content (AvgIpc) is 2.93. The summed E-state index contributed by atoms with van der Waals surface area (Å²) in [5.74, 6) is -0.273. The lowest BCUT2D eigenvalue weighted by atomic mass is 10.1. The van der Waals surface area contributed by atoms with Gasteiger partial charge in [0.15, 0.2) is 0 Å². The van der Waals surface area contributed by atoms with Gasteiger partial charge in [0.05, 0.1) is 17.6 Å². The van der Waals surface area contributed by atoms with Crippen LogP contribution in [0.2, 0.25) is 0 Å². The summed E-state index contributed by atoms with van der Waals surface area (Å²) >= 11 is 0. The maximum absolute atomic E-state index is 12.5. The van der Waals surface area contributed by atoms with Crippen LogP contribution in [0.3, 0.4) is 0 Å². The molecule has 0 bridgehead atoms. The Morgan fingerprint density at radius 1 is 1.43 bits per heavy atom. The van der Waals surface area contributed by atoms with Crippen molar-refractivity contribution < 1.29 is 9.59 Å². The third-order valence-corrected chi connectivity index (χ3v) is 3.59. The molecule has 5 heteroatoms. The standard InChI is InChI=1S/C16H19N3O2/c1-2-7-19(16(21)14-8-15(20)18-10-14)11-13-5-3-12(9-17)4-6-13/h3-6,14H,2,7-8,10-11H2,1H3,(H,18,20). The molecule has 1 aromatic carbocycles. The highest BCUT2D eigenvalue weighted by Crippen LogP contribution is 2.16. The number of carbonyl (C=O) groups excluding carboxylic acids is 2. The van der Waals surface area contributed by atoms with Gasteiger partial charge in [-0.25, -0.2) is 0 Å². The number of carbonyl (C=O) groups is 2. The summed E-state index contributed by atoms with van der Waals surface area (Å²) in [6.07, 6.45) is 1.16. The van der Waals surface area contributed by atoms with Gasteiger partial charge in [-0.3, -0.25) is 9.59 Å². The van der Waals surface area contributed by atoms with E-state index >= 15 is 0 Å². The Hall–Kier alpha value is -2.35. The van der Waals surface area contributed by atoms with E-state index in [0.717, 1.165) is 12.0 Å². The van der Waals surface area contributed by atoms with Crippen LogP contribution >= 0.6 is 0 Å². The normalized spacial score (nSPS) is 17.1. The molecule has 0 radical (unpaired) electrons. The molecule has 1 fully saturated rings. The maximum Gasteiger partial charge on any atom is 0.228 e. The molecule has 1 N–H and O–H groups in total. The molecule has 5 nitrogen and oxygen atoms in total. The van der Waals surface area contributed by atoms with Gasteiger partial charge in [0.25, 0.3) is 0 Å². The second kappa shape index (κ2) is 6.89. The van der Waals surface area contributed by atoms with E-state index in [4.69, 9.17) is 5.26 Å². The molecule has 0 aliphatic carbocycles. The van der Waals surface area contributed by atoms with Gasteiger partial charge in [-0.2, -0.15) is 5.26 Å². The maximum atomic E-state index is 12.5. The van der Waals surface area contributed by atoms with Gasteiger partial charge < -0.3 is 10.2 Å². The Morgan fingerprint density at radius 2 is 2.14 bits per heavy atom. The SMILES string of the molecule is CCCN(Cc1ccc(C#N)cc1)C(=O)C1CNC(=O)C1. The van der Waals surface area contributed by atoms with E-state index in [1.807, 2.05) is 19.1 Å². The van der Waals surface area contributed by atoms with Crippen molar-refractivity contribution in [1.82, 2.24) is 10.2 Å². The van der Waals surface area contributed by atoms with Gasteiger partial charge in [-0.15, -0.1) is 0 Å². The molecule has 2 rings (SSSR count). The Balaban J connectivity index is 2.05. The topological polar surface area (TPSA) is 73.2 Å². The molecule has 1 aliphatic heterocycles. The molecule has 110 valence electrons. The molecule has 0 saturated carbocycles. The average molecular weight is 285 g/mol. The third-order valence-electron chi connectivity index (χ3n) is 3.59. The van der Waals surface area contributed by atoms with Gasteiger partial charge in [0, 0.05) is 26.1 Å². The molecule has 2 amide bonds. The van der Waals surface area contributed by atoms with Crippen LogP contribution in [0.4, 0.5) is 0 Å². The van der Waals surface area contributed by atoms with Crippen molar-refractivity contribution in [3.8, 4) is 6.07 Å². The predicted molar refractivity (Wildman–Crippen MR) is 78.0 cm³/mol. The zero-order valence-corrected chi connectivity index (χ0v) is 12.1. The fourth-order valence-corrected chi connectivity index (χ4v) is 2.48. The quantitative estimate of drug-likeness (QED) is 0.889. The number of hydrogen-bond acceptors (Lipinski definition) is 3. The first-order chi connectivity index (χ1) is 10.1. The van der Waals surface area contributed by atoms with Gasteiger partial charge in [-0.05, 0) is 24.1 Å². The van der Waals surface area contributed by atoms with Crippen LogP contribution in [0.25, 0.3) is 0 Å². The molecule has 0 spiro atoms. The van der Waals surface area contributed by atoms with Crippen LogP contribution < -0.4 is 5.32 Å². The fraction of sp³-hybridized carbons (Fsp3) is 0.438. The van der Waals surface area contributed by atoms with Gasteiger partial charge in [-0.1, -0.05) is 19.1 Å². The zero-order valence-electron chi connectivity index (χ0n) is 12.1. The molecule has 21 heavy (non-hydrogen) atoms. The first-order valence-corrected chi connectivity index (χ1v) is 7.18. The summed E-state index contributed by atoms with van der Waals surface area (Å²) in [6.45, 7) is 3.65. The number of rotatable bonds is 5. The van der Waals surface area contributed by atoms with E-state index < -0.39 is 0 Å². The van der Waals surface area contributed by atoms with Crippen molar-refractivity contribution in [1.29, 1.82) is 5.26 Å². The zero-order chi connectivity index (χ0) is 15.2. The van der Waals surface area contributed by atoms with Crippen LogP contribution in [0, 0.1) is 17.2 Å². The van der Waals surface area contributed by atoms with E-state index in [1.165, 1.54) is 0 Å². The molecule has 1 aromatic rings. The summed E-state index contributed by atoms with van der Waals surface area (Å²) in [6, 6.07) is 9.32. The highest BCUT2D eigenvalue weighted by Gasteiger charge is 2.31. The Bertz CT molecular complexity index is 560. The lowest BCUT2D eigenvalue weighted by molar-refractivity contribution is -0.136. The van der Waals surface area contributed by atoms with Crippen molar-refractivity contribution in [3.05, 3.63) is 35.4 Å². The number of amides is 2. The van der Waals surface area contributed by atoms with Crippen molar-refractivity contribution in [3.63, 3.8) is 0 Å². The molecule has 1 aliphatic rings. The van der Waals surface area contributed by atoms with Crippen LogP contribution in [0.5, 0.6) is 0 Å². The minimum Gasteiger partial charge on any atom is -0.355 e. The first-order valence-electron chi connectivity index (χ1n) is 7.18. The summed E-state index contributed by atoms with van der Waals surface area (Å²) in [7, 11) is 0. The van der Waals surface area contributed by atoms with Crippen LogP contribution in [-0.2, 0) is 16.1 Å². The number of nitrogens with zero attached hydrogens (tertiary/aromatic N) is 2. The number of benzene rings is 1. The van der Waals surface area contributed by atoms with E-state index in [9.17, 15) is 9.59 Å². The number of hydrogen-bond donors (Lipinski definition) is 1. The van der Waals surface area contributed by atoms with Gasteiger partial charge in [0.1, 0.15) is 0 Å². The van der Waals surface area contributed by atoms with Crippen LogP contribution in [0.15, 0.2) is 24.3 Å². The predicted octanol–water partition coefficient (Wildman–Crippen LogP) is 1.43. The molecule has 1 unspecified atom stereocenters. The summed E-state index contributed by atoms with van der Waals surface area (Å²) in [5.41, 5.74) is 1.60. The Labute approximate surface area is 124 Å². The molecule has 1 heterocycles. The summed E-state index contributed by atoms with van der Waals surface area (Å²) < 4.78 is 0. The highest BCUT2D eigenvalue weighted by molar-refractivity contribution is 5.89. The lowest BCUT2D eigenvalue weighted by Crippen LogP contribution is -2.37. The van der Waals surface area contributed by atoms with Crippen molar-refractivity contribution >= 4 is 11.8 Å². The lowest BCUT2D eigenvalue weighted by Gasteiger charge is -2.24. The molecule has 1 atom stereocenters. The number of nitrogens with one attached hydrogen (secondary N) is 1. The van der Waals surface area contributed by atoms with Gasteiger partial charge >= 0.3 is 0 Å². The van der Waals surface area contributed by atoms with E-state index in [-0.39, 0.29) is 24.2 Å². The van der Waals surface area contributed by atoms with E-state index in [1.54, 1.807) is 17.0 Å². The monoisotopic (exact) mass is 285 g/mol. The minimum atomic E-state index is -0.248. The molecule has 1 saturated heterocycles. The highest BCUT2D eigenvalue weighted by atomic mass is 16.2. The summed E-state index contributed by atoms with van der Waals surface area (Å²) in [5, 5.41) is 11.5. The largest absolute Gasteiger partial charge is 0.355 e. The van der Waals surface area contributed by atoms with Crippen molar-refractivity contribution in [2.75, 3.05) is 13.1 Å². The van der Waals surface area contributed by atoms with E-state index in [2.05, 4.69) is 11.4 Å². The minimum absolute atomic E-state index is 0.0274. The summed E-state index contributed by atoms with van der Waals surface area (Å²) in [4.78, 5) is 25.5. The third kappa shape index (κ3) is 3.82. The molecular formula is C16H19N3O2. The second-order valence-electron chi connectivity index (χ2n) is 5.27. The molecule has 0 aromatic heterocycles. The van der Waals surface area contributed by atoms with E-state index in [0.29, 0.717) is 25.2 Å². The second-order valence-corrected chi connectivity index (χ2v) is 5.27. The van der Waals surface area contributed by atoms with Gasteiger partial charge in [0.2, 0.25) is 11.8 Å². The van der Waals surface area contributed by atoms with Crippen molar-refractivity contribution in [2.45, 2.75) is 26.3 Å². The Morgan fingerprint density at radius 3 is 2.67 bits per heavy atom.